The number of nitrogens with two attached hydrogens (primary N) is 1. The number of aromatic nitrogens is 1. The van der Waals surface area contributed by atoms with Gasteiger partial charge in [-0.1, -0.05) is 12.0 Å². The third-order valence-corrected chi connectivity index (χ3v) is 4.61. The van der Waals surface area contributed by atoms with Crippen molar-refractivity contribution >= 4 is 28.2 Å². The molecule has 0 aliphatic carbocycles. The number of esters is 1. The van der Waals surface area contributed by atoms with Crippen molar-refractivity contribution in [3.05, 3.63) is 53.7 Å². The number of ether oxygens (including phenoxy) is 2. The molecule has 1 heterocycles. The van der Waals surface area contributed by atoms with Gasteiger partial charge < -0.3 is 25.1 Å². The monoisotopic (exact) mass is 445 g/mol. The van der Waals surface area contributed by atoms with E-state index < -0.39 is 18.7 Å². The molecule has 0 atom stereocenters. The van der Waals surface area contributed by atoms with Gasteiger partial charge in [-0.05, 0) is 49.2 Å². The summed E-state index contributed by atoms with van der Waals surface area (Å²) in [4.78, 5) is 11.9. The predicted octanol–water partition coefficient (Wildman–Crippen LogP) is 4.43. The fraction of sp³-hybridized carbons (Fsp3) is 0.261. The van der Waals surface area contributed by atoms with Crippen molar-refractivity contribution in [1.29, 1.82) is 0 Å². The fourth-order valence-corrected chi connectivity index (χ4v) is 3.21. The van der Waals surface area contributed by atoms with Crippen LogP contribution in [0.2, 0.25) is 0 Å². The molecule has 2 aromatic carbocycles. The standard InChI is InChI=1S/C23H22F3N3O3/c1-3-32-22(30)15-9-10-19(21(12-15)31-2)28-11-5-6-16-13-17-18(27)7-4-8-20(17)29(16)14-23(24,25)26/h4,7-10,12-13,28H,3,11,14,27H2,1-2H3. The fourth-order valence-electron chi connectivity index (χ4n) is 3.21. The van der Waals surface area contributed by atoms with Gasteiger partial charge in [0.05, 0.1) is 42.7 Å². The van der Waals surface area contributed by atoms with E-state index in [0.717, 1.165) is 4.57 Å². The molecule has 0 saturated heterocycles. The number of anilines is 2. The lowest BCUT2D eigenvalue weighted by Crippen LogP contribution is -2.18. The van der Waals surface area contributed by atoms with Crippen molar-refractivity contribution in [2.75, 3.05) is 31.3 Å². The minimum Gasteiger partial charge on any atom is -0.495 e. The molecule has 0 saturated carbocycles. The highest BCUT2D eigenvalue weighted by Crippen LogP contribution is 2.29. The lowest BCUT2D eigenvalue weighted by molar-refractivity contribution is -0.140. The second-order valence-electron chi connectivity index (χ2n) is 6.80. The zero-order valence-electron chi connectivity index (χ0n) is 17.5. The van der Waals surface area contributed by atoms with Crippen molar-refractivity contribution in [2.24, 2.45) is 0 Å². The molecule has 6 nitrogen and oxygen atoms in total. The molecule has 32 heavy (non-hydrogen) atoms. The molecule has 0 aliphatic rings. The summed E-state index contributed by atoms with van der Waals surface area (Å²) in [6, 6.07) is 11.1. The second kappa shape index (κ2) is 9.56. The topological polar surface area (TPSA) is 78.5 Å². The molecule has 3 aromatic rings. The Morgan fingerprint density at radius 3 is 2.69 bits per heavy atom. The van der Waals surface area contributed by atoms with E-state index in [4.69, 9.17) is 15.2 Å². The number of methoxy groups -OCH3 is 1. The van der Waals surface area contributed by atoms with E-state index >= 15 is 0 Å². The highest BCUT2D eigenvalue weighted by molar-refractivity contribution is 5.93. The Bertz CT molecular complexity index is 1190. The summed E-state index contributed by atoms with van der Waals surface area (Å²) in [6.45, 7) is 0.943. The summed E-state index contributed by atoms with van der Waals surface area (Å²) in [5, 5.41) is 3.56. The lowest BCUT2D eigenvalue weighted by Gasteiger charge is -2.11. The summed E-state index contributed by atoms with van der Waals surface area (Å²) in [5.41, 5.74) is 7.80. The SMILES string of the molecule is CCOC(=O)c1ccc(NCC#Cc2cc3c(N)cccc3n2CC(F)(F)F)c(OC)c1. The number of nitrogen functional groups attached to an aromatic ring is 1. The van der Waals surface area contributed by atoms with Crippen LogP contribution in [0.25, 0.3) is 10.9 Å². The molecular weight excluding hydrogens is 423 g/mol. The summed E-state index contributed by atoms with van der Waals surface area (Å²) in [6.07, 6.45) is -4.40. The maximum absolute atomic E-state index is 13.1. The first kappa shape index (κ1) is 22.9. The Kier molecular flexibility index (Phi) is 6.83. The molecule has 0 unspecified atom stereocenters. The zero-order valence-corrected chi connectivity index (χ0v) is 17.5. The molecule has 3 N–H and O–H groups in total. The zero-order chi connectivity index (χ0) is 23.3. The molecular formula is C23H22F3N3O3. The number of carbonyl (C=O) groups is 1. The molecule has 0 bridgehead atoms. The number of carbonyl (C=O) groups excluding carboxylic acids is 1. The van der Waals surface area contributed by atoms with Crippen molar-refractivity contribution < 1.29 is 27.4 Å². The van der Waals surface area contributed by atoms with Crippen molar-refractivity contribution in [3.63, 3.8) is 0 Å². The maximum Gasteiger partial charge on any atom is 0.406 e. The Hall–Kier alpha value is -3.80. The van der Waals surface area contributed by atoms with Crippen LogP contribution < -0.4 is 15.8 Å². The van der Waals surface area contributed by atoms with E-state index in [1.807, 2.05) is 0 Å². The predicted molar refractivity (Wildman–Crippen MR) is 117 cm³/mol. The Balaban J connectivity index is 1.82. The van der Waals surface area contributed by atoms with Gasteiger partial charge >= 0.3 is 12.1 Å². The average molecular weight is 445 g/mol. The van der Waals surface area contributed by atoms with E-state index in [-0.39, 0.29) is 18.8 Å². The Morgan fingerprint density at radius 2 is 2.00 bits per heavy atom. The van der Waals surface area contributed by atoms with Crippen molar-refractivity contribution in [1.82, 2.24) is 4.57 Å². The largest absolute Gasteiger partial charge is 0.495 e. The number of rotatable bonds is 6. The average Bonchev–Trinajstić information content (AvgIpc) is 3.08. The number of hydrogen-bond donors (Lipinski definition) is 2. The third kappa shape index (κ3) is 5.27. The summed E-state index contributed by atoms with van der Waals surface area (Å²) >= 11 is 0. The van der Waals surface area contributed by atoms with Crippen LogP contribution in [0.3, 0.4) is 0 Å². The molecule has 0 amide bonds. The maximum atomic E-state index is 13.1. The number of benzene rings is 2. The van der Waals surface area contributed by atoms with Gasteiger partial charge in [-0.3, -0.25) is 0 Å². The first-order valence-electron chi connectivity index (χ1n) is 9.76. The number of nitrogens with zero attached hydrogens (tertiary/aromatic N) is 1. The Morgan fingerprint density at radius 1 is 1.22 bits per heavy atom. The lowest BCUT2D eigenvalue weighted by atomic mass is 10.2. The highest BCUT2D eigenvalue weighted by Gasteiger charge is 2.29. The highest BCUT2D eigenvalue weighted by atomic mass is 19.4. The molecule has 0 fully saturated rings. The summed E-state index contributed by atoms with van der Waals surface area (Å²) in [5.74, 6) is 5.56. The third-order valence-electron chi connectivity index (χ3n) is 4.61. The van der Waals surface area contributed by atoms with Gasteiger partial charge in [-0.2, -0.15) is 13.2 Å². The van der Waals surface area contributed by atoms with Gasteiger partial charge in [-0.15, -0.1) is 0 Å². The van der Waals surface area contributed by atoms with Crippen LogP contribution in [0.15, 0.2) is 42.5 Å². The summed E-state index contributed by atoms with van der Waals surface area (Å²) in [7, 11) is 1.46. The minimum atomic E-state index is -4.40. The molecule has 168 valence electrons. The van der Waals surface area contributed by atoms with Crippen LogP contribution >= 0.6 is 0 Å². The van der Waals surface area contributed by atoms with Gasteiger partial charge in [0.15, 0.2) is 0 Å². The Labute approximate surface area is 183 Å². The van der Waals surface area contributed by atoms with Crippen LogP contribution in [-0.4, -0.2) is 37.0 Å². The normalized spacial score (nSPS) is 11.0. The number of halogens is 3. The van der Waals surface area contributed by atoms with E-state index in [2.05, 4.69) is 17.2 Å². The van der Waals surface area contributed by atoms with E-state index in [1.165, 1.54) is 13.2 Å². The van der Waals surface area contributed by atoms with E-state index in [1.54, 1.807) is 43.3 Å². The van der Waals surface area contributed by atoms with E-state index in [0.29, 0.717) is 33.6 Å². The van der Waals surface area contributed by atoms with Crippen LogP contribution in [0.5, 0.6) is 5.75 Å². The first-order chi connectivity index (χ1) is 15.2. The van der Waals surface area contributed by atoms with Crippen LogP contribution in [0.4, 0.5) is 24.5 Å². The van der Waals surface area contributed by atoms with Crippen molar-refractivity contribution in [2.45, 2.75) is 19.6 Å². The first-order valence-corrected chi connectivity index (χ1v) is 9.76. The number of hydrogen-bond acceptors (Lipinski definition) is 5. The van der Waals surface area contributed by atoms with Crippen molar-refractivity contribution in [3.8, 4) is 17.6 Å². The number of alkyl halides is 3. The number of nitrogens with one attached hydrogen (secondary N) is 1. The summed E-state index contributed by atoms with van der Waals surface area (Å²) < 4.78 is 50.7. The van der Waals surface area contributed by atoms with E-state index in [9.17, 15) is 18.0 Å². The minimum absolute atomic E-state index is 0.137. The van der Waals surface area contributed by atoms with Gasteiger partial charge in [0, 0.05) is 11.1 Å². The van der Waals surface area contributed by atoms with Gasteiger partial charge in [0.25, 0.3) is 0 Å². The molecule has 0 radical (unpaired) electrons. The molecule has 9 heteroatoms. The van der Waals surface area contributed by atoms with Gasteiger partial charge in [0.2, 0.25) is 0 Å². The molecule has 1 aromatic heterocycles. The van der Waals surface area contributed by atoms with Crippen LogP contribution in [0.1, 0.15) is 23.0 Å². The molecule has 3 rings (SSSR count). The van der Waals surface area contributed by atoms with Gasteiger partial charge in [0.1, 0.15) is 12.3 Å². The second-order valence-corrected chi connectivity index (χ2v) is 6.80. The van der Waals surface area contributed by atoms with Gasteiger partial charge in [-0.25, -0.2) is 4.79 Å². The number of fused-ring (bicyclic) bond motifs is 1. The smallest absolute Gasteiger partial charge is 0.406 e. The quantitative estimate of drug-likeness (QED) is 0.333. The van der Waals surface area contributed by atoms with Crippen LogP contribution in [-0.2, 0) is 11.3 Å². The van der Waals surface area contributed by atoms with Crippen LogP contribution in [0, 0.1) is 11.8 Å². The molecule has 0 spiro atoms. The molecule has 0 aliphatic heterocycles.